The lowest BCUT2D eigenvalue weighted by molar-refractivity contribution is 0.240. The number of aromatic nitrogens is 7. The van der Waals surface area contributed by atoms with Gasteiger partial charge in [0.05, 0.1) is 18.9 Å². The number of carbonyl (C=O) groups is 1. The van der Waals surface area contributed by atoms with Crippen LogP contribution in [0.2, 0.25) is 0 Å². The maximum absolute atomic E-state index is 13.7. The Morgan fingerprint density at radius 2 is 1.74 bits per heavy atom. The number of nitrogens with one attached hydrogen (secondary N) is 3. The molecule has 1 aliphatic carbocycles. The summed E-state index contributed by atoms with van der Waals surface area (Å²) in [5.41, 5.74) is 3.26. The lowest BCUT2D eigenvalue weighted by Crippen LogP contribution is -2.49. The second-order valence-corrected chi connectivity index (χ2v) is 11.1. The van der Waals surface area contributed by atoms with Gasteiger partial charge in [-0.1, -0.05) is 30.3 Å². The van der Waals surface area contributed by atoms with Crippen LogP contribution in [-0.4, -0.2) is 52.8 Å². The number of benzene rings is 1. The summed E-state index contributed by atoms with van der Waals surface area (Å²) in [7, 11) is 1.88. The van der Waals surface area contributed by atoms with Gasteiger partial charge in [0.1, 0.15) is 29.1 Å². The summed E-state index contributed by atoms with van der Waals surface area (Å²) in [6.45, 7) is 0.750. The van der Waals surface area contributed by atoms with Crippen LogP contribution in [0, 0.1) is 11.3 Å². The van der Waals surface area contributed by atoms with Crippen molar-refractivity contribution in [2.75, 3.05) is 15.5 Å². The molecule has 1 aliphatic rings. The van der Waals surface area contributed by atoms with Crippen LogP contribution in [0.15, 0.2) is 85.7 Å². The van der Waals surface area contributed by atoms with Crippen LogP contribution in [0.3, 0.4) is 0 Å². The minimum Gasteiger partial charge on any atom is -0.362 e. The lowest BCUT2D eigenvalue weighted by atomic mass is 9.90. The standard InChI is InChI=1S/C33H34N12O/c1-44-22-26(20-41-44)24-8-13-30(37-18-24)45(33(46)40-17-23-6-3-2-4-7-23)28-11-9-27(10-12-28)42-32-39-19-25(16-34)31(43-32)38-21-29-35-14-5-15-36-29/h2-8,13-15,18-20,22,27-28H,9-12,17,21H2,1H3,(H,40,46)(H2,38,39,42,43)/t27-,28-. The summed E-state index contributed by atoms with van der Waals surface area (Å²) >= 11 is 0. The molecule has 1 saturated carbocycles. The van der Waals surface area contributed by atoms with Crippen molar-refractivity contribution in [2.24, 2.45) is 7.05 Å². The summed E-state index contributed by atoms with van der Waals surface area (Å²) in [6.07, 6.45) is 13.5. The number of hydrogen-bond acceptors (Lipinski definition) is 10. The van der Waals surface area contributed by atoms with Gasteiger partial charge in [-0.15, -0.1) is 0 Å². The molecule has 0 saturated heterocycles. The molecule has 0 unspecified atom stereocenters. The number of anilines is 3. The predicted molar refractivity (Wildman–Crippen MR) is 173 cm³/mol. The normalized spacial score (nSPS) is 15.8. The van der Waals surface area contributed by atoms with Gasteiger partial charge in [-0.25, -0.2) is 24.7 Å². The summed E-state index contributed by atoms with van der Waals surface area (Å²) in [5, 5.41) is 23.5. The van der Waals surface area contributed by atoms with E-state index in [1.165, 1.54) is 6.20 Å². The molecule has 0 bridgehead atoms. The highest BCUT2D eigenvalue weighted by molar-refractivity contribution is 5.91. The Bertz CT molecular complexity index is 1780. The Hall–Kier alpha value is -5.90. The van der Waals surface area contributed by atoms with Gasteiger partial charge in [-0.2, -0.15) is 15.3 Å². The monoisotopic (exact) mass is 614 g/mol. The molecule has 5 aromatic rings. The summed E-state index contributed by atoms with van der Waals surface area (Å²) < 4.78 is 1.75. The molecule has 2 amide bonds. The molecule has 0 atom stereocenters. The van der Waals surface area contributed by atoms with Gasteiger partial charge in [0.2, 0.25) is 5.95 Å². The van der Waals surface area contributed by atoms with Gasteiger partial charge in [0, 0.05) is 61.6 Å². The zero-order valence-corrected chi connectivity index (χ0v) is 25.4. The number of nitriles is 1. The third kappa shape index (κ3) is 7.41. The molecule has 3 N–H and O–H groups in total. The van der Waals surface area contributed by atoms with E-state index in [1.54, 1.807) is 40.4 Å². The number of rotatable bonds is 10. The predicted octanol–water partition coefficient (Wildman–Crippen LogP) is 4.69. The highest BCUT2D eigenvalue weighted by Gasteiger charge is 2.31. The van der Waals surface area contributed by atoms with E-state index in [-0.39, 0.29) is 18.1 Å². The smallest absolute Gasteiger partial charge is 0.323 e. The highest BCUT2D eigenvalue weighted by atomic mass is 16.2. The van der Waals surface area contributed by atoms with Crippen molar-refractivity contribution in [3.63, 3.8) is 0 Å². The molecule has 232 valence electrons. The van der Waals surface area contributed by atoms with Crippen LogP contribution < -0.4 is 20.9 Å². The van der Waals surface area contributed by atoms with Gasteiger partial charge in [-0.05, 0) is 49.4 Å². The van der Waals surface area contributed by atoms with Crippen LogP contribution in [0.25, 0.3) is 11.1 Å². The molecule has 1 aromatic carbocycles. The molecule has 13 heteroatoms. The fourth-order valence-corrected chi connectivity index (χ4v) is 5.50. The van der Waals surface area contributed by atoms with E-state index < -0.39 is 0 Å². The van der Waals surface area contributed by atoms with Crippen molar-refractivity contribution < 1.29 is 4.79 Å². The van der Waals surface area contributed by atoms with E-state index in [4.69, 9.17) is 4.98 Å². The minimum absolute atomic E-state index is 0.0458. The number of hydrogen-bond donors (Lipinski definition) is 3. The van der Waals surface area contributed by atoms with E-state index in [1.807, 2.05) is 55.7 Å². The molecule has 0 aliphatic heterocycles. The molecule has 0 radical (unpaired) electrons. The topological polar surface area (TPSA) is 162 Å². The van der Waals surface area contributed by atoms with Crippen LogP contribution in [0.4, 0.5) is 22.4 Å². The van der Waals surface area contributed by atoms with Crippen LogP contribution >= 0.6 is 0 Å². The van der Waals surface area contributed by atoms with Gasteiger partial charge in [-0.3, -0.25) is 9.58 Å². The minimum atomic E-state index is -0.185. The molecule has 4 heterocycles. The maximum Gasteiger partial charge on any atom is 0.323 e. The van der Waals surface area contributed by atoms with Gasteiger partial charge >= 0.3 is 6.03 Å². The third-order valence-corrected chi connectivity index (χ3v) is 7.88. The number of urea groups is 1. The number of amides is 2. The zero-order chi connectivity index (χ0) is 31.7. The van der Waals surface area contributed by atoms with Crippen LogP contribution in [-0.2, 0) is 20.1 Å². The molecule has 0 spiro atoms. The Labute approximate surface area is 266 Å². The summed E-state index contributed by atoms with van der Waals surface area (Å²) in [5.74, 6) is 2.05. The number of carbonyl (C=O) groups excluding carboxylic acids is 1. The van der Waals surface area contributed by atoms with Crippen molar-refractivity contribution >= 4 is 23.6 Å². The first-order valence-corrected chi connectivity index (χ1v) is 15.1. The zero-order valence-electron chi connectivity index (χ0n) is 25.4. The molecule has 46 heavy (non-hydrogen) atoms. The SMILES string of the molecule is Cn1cc(-c2ccc(N(C(=O)NCc3ccccc3)[C@H]3CC[C@H](Nc4ncc(C#N)c(NCc5ncccn5)n4)CC3)nc2)cn1. The van der Waals surface area contributed by atoms with E-state index in [0.29, 0.717) is 42.1 Å². The molecule has 1 fully saturated rings. The number of aryl methyl sites for hydroxylation is 1. The lowest BCUT2D eigenvalue weighted by Gasteiger charge is -2.36. The third-order valence-electron chi connectivity index (χ3n) is 7.88. The molecule has 4 aromatic heterocycles. The van der Waals surface area contributed by atoms with Gasteiger partial charge in [0.25, 0.3) is 0 Å². The van der Waals surface area contributed by atoms with E-state index in [0.717, 1.165) is 42.4 Å². The van der Waals surface area contributed by atoms with Crippen molar-refractivity contribution in [1.29, 1.82) is 5.26 Å². The van der Waals surface area contributed by atoms with Crippen LogP contribution in [0.5, 0.6) is 0 Å². The summed E-state index contributed by atoms with van der Waals surface area (Å²) in [4.78, 5) is 37.6. The average Bonchev–Trinajstić information content (AvgIpc) is 3.54. The maximum atomic E-state index is 13.7. The molecule has 6 rings (SSSR count). The fraction of sp³-hybridized carbons (Fsp3) is 0.273. The first-order chi connectivity index (χ1) is 22.6. The molecular weight excluding hydrogens is 580 g/mol. The van der Waals surface area contributed by atoms with Crippen molar-refractivity contribution in [2.45, 2.75) is 50.9 Å². The first-order valence-electron chi connectivity index (χ1n) is 15.1. The largest absolute Gasteiger partial charge is 0.362 e. The quantitative estimate of drug-likeness (QED) is 0.201. The van der Waals surface area contributed by atoms with Crippen molar-refractivity contribution in [1.82, 2.24) is 40.0 Å². The Morgan fingerprint density at radius 1 is 0.935 bits per heavy atom. The van der Waals surface area contributed by atoms with Gasteiger partial charge < -0.3 is 16.0 Å². The fourth-order valence-electron chi connectivity index (χ4n) is 5.50. The summed E-state index contributed by atoms with van der Waals surface area (Å²) in [6, 6.07) is 17.5. The molecule has 13 nitrogen and oxygen atoms in total. The van der Waals surface area contributed by atoms with E-state index in [9.17, 15) is 10.1 Å². The highest BCUT2D eigenvalue weighted by Crippen LogP contribution is 2.30. The van der Waals surface area contributed by atoms with E-state index >= 15 is 0 Å². The Morgan fingerprint density at radius 3 is 2.43 bits per heavy atom. The second kappa shape index (κ2) is 14.3. The second-order valence-electron chi connectivity index (χ2n) is 11.1. The van der Waals surface area contributed by atoms with E-state index in [2.05, 4.69) is 47.1 Å². The van der Waals surface area contributed by atoms with Crippen molar-refractivity contribution in [3.05, 3.63) is 103 Å². The molecular formula is C33H34N12O. The number of nitrogens with zero attached hydrogens (tertiary/aromatic N) is 9. The number of pyridine rings is 1. The first kappa shape index (κ1) is 30.1. The van der Waals surface area contributed by atoms with Crippen LogP contribution in [0.1, 0.15) is 42.6 Å². The van der Waals surface area contributed by atoms with Crippen molar-refractivity contribution in [3.8, 4) is 17.2 Å². The Kier molecular flexibility index (Phi) is 9.34. The Balaban J connectivity index is 1.13. The van der Waals surface area contributed by atoms with Gasteiger partial charge in [0.15, 0.2) is 0 Å². The average molecular weight is 615 g/mol.